The molecule has 0 fully saturated rings. The Morgan fingerprint density at radius 3 is 2.76 bits per heavy atom. The highest BCUT2D eigenvalue weighted by atomic mass is 19.1. The van der Waals surface area contributed by atoms with Gasteiger partial charge in [-0.1, -0.05) is 35.5 Å². The van der Waals surface area contributed by atoms with Gasteiger partial charge in [-0.25, -0.2) is 0 Å². The van der Waals surface area contributed by atoms with E-state index in [0.717, 1.165) is 0 Å². The summed E-state index contributed by atoms with van der Waals surface area (Å²) in [6.45, 7) is 2.15. The van der Waals surface area contributed by atoms with Crippen molar-refractivity contribution in [3.05, 3.63) is 41.8 Å². The van der Waals surface area contributed by atoms with Gasteiger partial charge in [0.1, 0.15) is 0 Å². The van der Waals surface area contributed by atoms with Gasteiger partial charge in [0.15, 0.2) is 0 Å². The fourth-order valence-corrected chi connectivity index (χ4v) is 1.43. The predicted octanol–water partition coefficient (Wildman–Crippen LogP) is 2.23. The van der Waals surface area contributed by atoms with Crippen LogP contribution in [0.15, 0.2) is 34.9 Å². The van der Waals surface area contributed by atoms with Crippen molar-refractivity contribution in [1.82, 2.24) is 10.5 Å². The number of hydrogen-bond donors (Lipinski definition) is 1. The van der Waals surface area contributed by atoms with Gasteiger partial charge in [0.25, 0.3) is 5.91 Å². The molecule has 5 heteroatoms. The summed E-state index contributed by atoms with van der Waals surface area (Å²) in [4.78, 5) is 11.4. The topological polar surface area (TPSA) is 55.1 Å². The molecule has 0 bridgehead atoms. The first-order valence-electron chi connectivity index (χ1n) is 5.22. The van der Waals surface area contributed by atoms with Crippen LogP contribution in [-0.2, 0) is 0 Å². The molecule has 17 heavy (non-hydrogen) atoms. The third-order valence-electron chi connectivity index (χ3n) is 2.22. The number of carbonyl (C=O) groups excluding carboxylic acids is 1. The monoisotopic (exact) mass is 234 g/mol. The molecule has 0 saturated heterocycles. The number of benzene rings is 1. The molecule has 1 amide bonds. The van der Waals surface area contributed by atoms with Crippen LogP contribution in [0.25, 0.3) is 11.3 Å². The van der Waals surface area contributed by atoms with Gasteiger partial charge in [-0.3, -0.25) is 4.79 Å². The largest absolute Gasteiger partial charge is 0.352 e. The summed E-state index contributed by atoms with van der Waals surface area (Å²) in [5.41, 5.74) is 0.235. The van der Waals surface area contributed by atoms with Crippen LogP contribution in [-0.4, -0.2) is 17.6 Å². The molecule has 88 valence electrons. The van der Waals surface area contributed by atoms with Crippen molar-refractivity contribution in [2.45, 2.75) is 6.92 Å². The maximum atomic E-state index is 13.9. The molecule has 0 saturated carbocycles. The van der Waals surface area contributed by atoms with Crippen molar-refractivity contribution >= 4 is 5.91 Å². The summed E-state index contributed by atoms with van der Waals surface area (Å²) in [5.74, 6) is -1.33. The molecule has 4 nitrogen and oxygen atoms in total. The molecule has 0 aliphatic carbocycles. The molecule has 1 aromatic heterocycles. The highest BCUT2D eigenvalue weighted by Gasteiger charge is 2.22. The van der Waals surface area contributed by atoms with Gasteiger partial charge >= 0.3 is 0 Å². The van der Waals surface area contributed by atoms with Gasteiger partial charge in [-0.05, 0) is 6.92 Å². The van der Waals surface area contributed by atoms with Gasteiger partial charge < -0.3 is 9.84 Å². The minimum absolute atomic E-state index is 0.0214. The second-order valence-corrected chi connectivity index (χ2v) is 3.40. The summed E-state index contributed by atoms with van der Waals surface area (Å²) in [5, 5.41) is 5.91. The van der Waals surface area contributed by atoms with E-state index in [0.29, 0.717) is 12.1 Å². The first-order chi connectivity index (χ1) is 8.24. The Balaban J connectivity index is 2.37. The Kier molecular flexibility index (Phi) is 3.18. The van der Waals surface area contributed by atoms with Gasteiger partial charge in [-0.15, -0.1) is 0 Å². The Bertz CT molecular complexity index is 523. The highest BCUT2D eigenvalue weighted by Crippen LogP contribution is 2.24. The standard InChI is InChI=1S/C12H11FN2O2/c1-2-14-12(16)10-9(13)11(17-15-10)8-6-4-3-5-7-8/h3-7H,2H2,1H3,(H,14,16). The number of nitrogens with one attached hydrogen (secondary N) is 1. The van der Waals surface area contributed by atoms with Gasteiger partial charge in [0.05, 0.1) is 0 Å². The minimum atomic E-state index is -0.734. The molecule has 0 radical (unpaired) electrons. The first kappa shape index (κ1) is 11.3. The van der Waals surface area contributed by atoms with Crippen molar-refractivity contribution in [2.75, 3.05) is 6.54 Å². The molecule has 2 aromatic rings. The first-order valence-corrected chi connectivity index (χ1v) is 5.22. The number of rotatable bonds is 3. The molecular formula is C12H11FN2O2. The Morgan fingerprint density at radius 2 is 2.12 bits per heavy atom. The van der Waals surface area contributed by atoms with E-state index in [-0.39, 0.29) is 11.5 Å². The number of carbonyl (C=O) groups is 1. The summed E-state index contributed by atoms with van der Waals surface area (Å²) in [6, 6.07) is 8.69. The van der Waals surface area contributed by atoms with Crippen molar-refractivity contribution in [2.24, 2.45) is 0 Å². The second-order valence-electron chi connectivity index (χ2n) is 3.40. The number of hydrogen-bond acceptors (Lipinski definition) is 3. The zero-order chi connectivity index (χ0) is 12.3. The van der Waals surface area contributed by atoms with Gasteiger partial charge in [0.2, 0.25) is 17.3 Å². The lowest BCUT2D eigenvalue weighted by atomic mass is 10.1. The van der Waals surface area contributed by atoms with E-state index < -0.39 is 11.7 Å². The number of halogens is 1. The van der Waals surface area contributed by atoms with E-state index in [9.17, 15) is 9.18 Å². The lowest BCUT2D eigenvalue weighted by Crippen LogP contribution is -2.23. The van der Waals surface area contributed by atoms with Crippen molar-refractivity contribution in [1.29, 1.82) is 0 Å². The predicted molar refractivity (Wildman–Crippen MR) is 59.9 cm³/mol. The summed E-state index contributed by atoms with van der Waals surface area (Å²) >= 11 is 0. The number of amides is 1. The van der Waals surface area contributed by atoms with Crippen LogP contribution >= 0.6 is 0 Å². The molecule has 0 unspecified atom stereocenters. The minimum Gasteiger partial charge on any atom is -0.352 e. The highest BCUT2D eigenvalue weighted by molar-refractivity contribution is 5.93. The average molecular weight is 234 g/mol. The molecule has 1 heterocycles. The van der Waals surface area contributed by atoms with Crippen molar-refractivity contribution in [3.63, 3.8) is 0 Å². The summed E-state index contributed by atoms with van der Waals surface area (Å²) in [6.07, 6.45) is 0. The van der Waals surface area contributed by atoms with Crippen LogP contribution in [0.4, 0.5) is 4.39 Å². The fourth-order valence-electron chi connectivity index (χ4n) is 1.43. The summed E-state index contributed by atoms with van der Waals surface area (Å²) in [7, 11) is 0. The van der Waals surface area contributed by atoms with Crippen molar-refractivity contribution < 1.29 is 13.7 Å². The molecule has 0 atom stereocenters. The van der Waals surface area contributed by atoms with E-state index in [1.165, 1.54) is 0 Å². The zero-order valence-electron chi connectivity index (χ0n) is 9.24. The van der Waals surface area contributed by atoms with E-state index in [4.69, 9.17) is 4.52 Å². The molecule has 2 rings (SSSR count). The molecular weight excluding hydrogens is 223 g/mol. The number of aromatic nitrogens is 1. The second kappa shape index (κ2) is 4.78. The SMILES string of the molecule is CCNC(=O)c1noc(-c2ccccc2)c1F. The molecule has 1 N–H and O–H groups in total. The van der Waals surface area contributed by atoms with Gasteiger partial charge in [0, 0.05) is 12.1 Å². The van der Waals surface area contributed by atoms with Crippen molar-refractivity contribution in [3.8, 4) is 11.3 Å². The Morgan fingerprint density at radius 1 is 1.41 bits per heavy atom. The smallest absolute Gasteiger partial charge is 0.276 e. The van der Waals surface area contributed by atoms with E-state index >= 15 is 0 Å². The van der Waals surface area contributed by atoms with Crippen LogP contribution < -0.4 is 5.32 Å². The van der Waals surface area contributed by atoms with E-state index in [2.05, 4.69) is 10.5 Å². The van der Waals surface area contributed by atoms with E-state index in [1.54, 1.807) is 31.2 Å². The van der Waals surface area contributed by atoms with E-state index in [1.807, 2.05) is 6.07 Å². The fraction of sp³-hybridized carbons (Fsp3) is 0.167. The number of nitrogens with zero attached hydrogens (tertiary/aromatic N) is 1. The third kappa shape index (κ3) is 2.18. The van der Waals surface area contributed by atoms with Gasteiger partial charge in [-0.2, -0.15) is 4.39 Å². The maximum absolute atomic E-state index is 13.9. The van der Waals surface area contributed by atoms with Crippen LogP contribution in [0, 0.1) is 5.82 Å². The molecule has 0 aliphatic heterocycles. The normalized spacial score (nSPS) is 10.2. The zero-order valence-corrected chi connectivity index (χ0v) is 9.24. The quantitative estimate of drug-likeness (QED) is 0.886. The van der Waals surface area contributed by atoms with Crippen LogP contribution in [0.3, 0.4) is 0 Å². The molecule has 1 aromatic carbocycles. The maximum Gasteiger partial charge on any atom is 0.276 e. The Hall–Kier alpha value is -2.17. The van der Waals surface area contributed by atoms with Crippen LogP contribution in [0.2, 0.25) is 0 Å². The van der Waals surface area contributed by atoms with Crippen LogP contribution in [0.5, 0.6) is 0 Å². The average Bonchev–Trinajstić information content (AvgIpc) is 2.72. The third-order valence-corrected chi connectivity index (χ3v) is 2.22. The molecule has 0 spiro atoms. The lowest BCUT2D eigenvalue weighted by Gasteiger charge is -1.96. The summed E-state index contributed by atoms with van der Waals surface area (Å²) < 4.78 is 18.7. The van der Waals surface area contributed by atoms with Crippen LogP contribution in [0.1, 0.15) is 17.4 Å². The Labute approximate surface area is 97.4 Å². The molecule has 0 aliphatic rings. The lowest BCUT2D eigenvalue weighted by molar-refractivity contribution is 0.0943.